The molecule has 3 nitrogen and oxygen atoms in total. The monoisotopic (exact) mass is 170 g/mol. The van der Waals surface area contributed by atoms with Gasteiger partial charge in [-0.1, -0.05) is 25.7 Å². The Hall–Kier alpha value is -0.570. The van der Waals surface area contributed by atoms with E-state index < -0.39 is 5.97 Å². The van der Waals surface area contributed by atoms with Crippen LogP contribution in [-0.4, -0.2) is 19.1 Å². The van der Waals surface area contributed by atoms with Crippen LogP contribution in [0.15, 0.2) is 0 Å². The number of carbonyl (C=O) groups excluding carboxylic acids is 1. The summed E-state index contributed by atoms with van der Waals surface area (Å²) in [4.78, 5) is 10.6. The third kappa shape index (κ3) is 3.22. The molecule has 0 aliphatic heterocycles. The predicted octanol–water partition coefficient (Wildman–Crippen LogP) is 1.39. The van der Waals surface area contributed by atoms with Crippen LogP contribution >= 0.6 is 0 Å². The van der Waals surface area contributed by atoms with Gasteiger partial charge in [0.05, 0.1) is 6.61 Å². The first-order valence-electron chi connectivity index (χ1n) is 4.63. The molecule has 0 atom stereocenters. The van der Waals surface area contributed by atoms with Crippen molar-refractivity contribution in [3.05, 3.63) is 0 Å². The summed E-state index contributed by atoms with van der Waals surface area (Å²) in [6.45, 7) is 0.271. The Bertz CT molecular complexity index is 141. The van der Waals surface area contributed by atoms with E-state index in [-0.39, 0.29) is 6.54 Å². The van der Waals surface area contributed by atoms with Gasteiger partial charge in [-0.25, -0.2) is 5.73 Å². The molecule has 1 N–H and O–H groups in total. The van der Waals surface area contributed by atoms with Crippen LogP contribution in [-0.2, 0) is 9.53 Å². The lowest BCUT2D eigenvalue weighted by Gasteiger charge is -2.08. The van der Waals surface area contributed by atoms with E-state index in [1.54, 1.807) is 0 Å². The van der Waals surface area contributed by atoms with E-state index in [9.17, 15) is 4.79 Å². The second-order valence-corrected chi connectivity index (χ2v) is 3.34. The average molecular weight is 170 g/mol. The molecule has 1 fully saturated rings. The Kier molecular flexibility index (Phi) is 4.08. The van der Waals surface area contributed by atoms with Crippen molar-refractivity contribution < 1.29 is 9.53 Å². The lowest BCUT2D eigenvalue weighted by atomic mass is 10.1. The molecular weight excluding hydrogens is 154 g/mol. The van der Waals surface area contributed by atoms with Crippen molar-refractivity contribution >= 4 is 5.97 Å². The van der Waals surface area contributed by atoms with Crippen molar-refractivity contribution in [2.75, 3.05) is 13.2 Å². The maximum Gasteiger partial charge on any atom is 0.321 e. The molecule has 0 saturated heterocycles. The van der Waals surface area contributed by atoms with Crippen LogP contribution in [0, 0.1) is 5.92 Å². The van der Waals surface area contributed by atoms with E-state index in [2.05, 4.69) is 0 Å². The van der Waals surface area contributed by atoms with Crippen LogP contribution in [0.25, 0.3) is 0 Å². The molecule has 0 aromatic carbocycles. The zero-order valence-corrected chi connectivity index (χ0v) is 7.34. The fourth-order valence-electron chi connectivity index (χ4n) is 1.69. The minimum Gasteiger partial charge on any atom is -0.465 e. The van der Waals surface area contributed by atoms with Crippen molar-refractivity contribution in [2.45, 2.75) is 32.1 Å². The first kappa shape index (κ1) is 9.52. The fourth-order valence-corrected chi connectivity index (χ4v) is 1.69. The minimum absolute atomic E-state index is 0.245. The predicted molar refractivity (Wildman–Crippen MR) is 45.5 cm³/mol. The van der Waals surface area contributed by atoms with Gasteiger partial charge >= 0.3 is 5.97 Å². The molecule has 12 heavy (non-hydrogen) atoms. The van der Waals surface area contributed by atoms with Crippen molar-refractivity contribution in [2.24, 2.45) is 5.92 Å². The summed E-state index contributed by atoms with van der Waals surface area (Å²) >= 11 is 0. The first-order chi connectivity index (χ1) is 5.83. The van der Waals surface area contributed by atoms with E-state index in [0.29, 0.717) is 6.61 Å². The van der Waals surface area contributed by atoms with Crippen LogP contribution in [0.4, 0.5) is 0 Å². The van der Waals surface area contributed by atoms with Crippen molar-refractivity contribution in [1.29, 1.82) is 0 Å². The summed E-state index contributed by atoms with van der Waals surface area (Å²) < 4.78 is 4.83. The van der Waals surface area contributed by atoms with E-state index >= 15 is 0 Å². The Morgan fingerprint density at radius 1 is 1.42 bits per heavy atom. The van der Waals surface area contributed by atoms with Crippen molar-refractivity contribution in [3.63, 3.8) is 0 Å². The largest absolute Gasteiger partial charge is 0.465 e. The first-order valence-corrected chi connectivity index (χ1v) is 4.63. The molecule has 0 heterocycles. The van der Waals surface area contributed by atoms with Crippen LogP contribution in [0.3, 0.4) is 0 Å². The van der Waals surface area contributed by atoms with Crippen LogP contribution in [0.5, 0.6) is 0 Å². The van der Waals surface area contributed by atoms with Crippen molar-refractivity contribution in [3.8, 4) is 0 Å². The van der Waals surface area contributed by atoms with E-state index in [4.69, 9.17) is 10.5 Å². The van der Waals surface area contributed by atoms with Crippen molar-refractivity contribution in [1.82, 2.24) is 5.73 Å². The second kappa shape index (κ2) is 5.14. The quantitative estimate of drug-likeness (QED) is 0.599. The topological polar surface area (TPSA) is 50.1 Å². The molecule has 1 aliphatic rings. The van der Waals surface area contributed by atoms with Crippen LogP contribution < -0.4 is 5.73 Å². The van der Waals surface area contributed by atoms with Gasteiger partial charge in [0.15, 0.2) is 0 Å². The maximum atomic E-state index is 10.6. The number of carbonyl (C=O) groups is 1. The summed E-state index contributed by atoms with van der Waals surface area (Å²) in [6, 6.07) is 0. The summed E-state index contributed by atoms with van der Waals surface area (Å²) in [5.41, 5.74) is 6.72. The molecule has 69 valence electrons. The zero-order chi connectivity index (χ0) is 8.81. The van der Waals surface area contributed by atoms with E-state index in [0.717, 1.165) is 12.3 Å². The summed E-state index contributed by atoms with van der Waals surface area (Å²) in [5, 5.41) is 0. The standard InChI is InChI=1S/C9H16NO2/c10-7-9(11)12-6-5-8-3-1-2-4-8/h8,10H,1-7H2. The number of nitrogens with one attached hydrogen (secondary N) is 1. The van der Waals surface area contributed by atoms with Gasteiger partial charge in [0.2, 0.25) is 0 Å². The molecule has 1 radical (unpaired) electrons. The van der Waals surface area contributed by atoms with Gasteiger partial charge in [-0.15, -0.1) is 0 Å². The summed E-state index contributed by atoms with van der Waals surface area (Å²) in [7, 11) is 0. The second-order valence-electron chi connectivity index (χ2n) is 3.34. The maximum absolute atomic E-state index is 10.6. The SMILES string of the molecule is [NH]CC(=O)OCCC1CCCC1. The molecule has 0 spiro atoms. The molecule has 0 aromatic rings. The van der Waals surface area contributed by atoms with Gasteiger partial charge in [-0.3, -0.25) is 4.79 Å². The number of hydrogen-bond donors (Lipinski definition) is 0. The van der Waals surface area contributed by atoms with Gasteiger partial charge < -0.3 is 4.74 Å². The Labute approximate surface area is 73.3 Å². The molecule has 1 rings (SSSR count). The third-order valence-corrected chi connectivity index (χ3v) is 2.41. The Morgan fingerprint density at radius 3 is 2.67 bits per heavy atom. The lowest BCUT2D eigenvalue weighted by Crippen LogP contribution is -2.12. The fraction of sp³-hybridized carbons (Fsp3) is 0.889. The Balaban J connectivity index is 1.97. The molecule has 0 unspecified atom stereocenters. The number of hydrogen-bond acceptors (Lipinski definition) is 2. The molecule has 0 amide bonds. The van der Waals surface area contributed by atoms with Gasteiger partial charge in [0.1, 0.15) is 6.54 Å². The van der Waals surface area contributed by atoms with Crippen LogP contribution in [0.2, 0.25) is 0 Å². The molecule has 0 bridgehead atoms. The number of esters is 1. The molecule has 1 saturated carbocycles. The Morgan fingerprint density at radius 2 is 2.08 bits per heavy atom. The highest BCUT2D eigenvalue weighted by Gasteiger charge is 2.14. The summed E-state index contributed by atoms with van der Waals surface area (Å²) in [5.74, 6) is 0.372. The molecule has 3 heteroatoms. The number of ether oxygens (including phenoxy) is 1. The van der Waals surface area contributed by atoms with Gasteiger partial charge in [-0.2, -0.15) is 0 Å². The zero-order valence-electron chi connectivity index (χ0n) is 7.34. The minimum atomic E-state index is -0.395. The average Bonchev–Trinajstić information content (AvgIpc) is 2.57. The van der Waals surface area contributed by atoms with Crippen LogP contribution in [0.1, 0.15) is 32.1 Å². The van der Waals surface area contributed by atoms with Gasteiger partial charge in [-0.05, 0) is 12.3 Å². The molecular formula is C9H16NO2. The van der Waals surface area contributed by atoms with E-state index in [1.807, 2.05) is 0 Å². The highest BCUT2D eigenvalue weighted by Crippen LogP contribution is 2.27. The normalized spacial score (nSPS) is 18.1. The number of rotatable bonds is 4. The highest BCUT2D eigenvalue weighted by molar-refractivity contribution is 5.71. The van der Waals surface area contributed by atoms with Gasteiger partial charge in [0, 0.05) is 0 Å². The molecule has 0 aromatic heterocycles. The highest BCUT2D eigenvalue weighted by atomic mass is 16.5. The van der Waals surface area contributed by atoms with Gasteiger partial charge in [0.25, 0.3) is 0 Å². The van der Waals surface area contributed by atoms with E-state index in [1.165, 1.54) is 25.7 Å². The third-order valence-electron chi connectivity index (χ3n) is 2.41. The lowest BCUT2D eigenvalue weighted by molar-refractivity contribution is -0.142. The smallest absolute Gasteiger partial charge is 0.321 e. The molecule has 1 aliphatic carbocycles. The summed E-state index contributed by atoms with van der Waals surface area (Å²) in [6.07, 6.45) is 6.23.